The molecule has 1 aromatic rings. The van der Waals surface area contributed by atoms with Gasteiger partial charge in [-0.25, -0.2) is 10.2 Å². The van der Waals surface area contributed by atoms with Crippen LogP contribution >= 0.6 is 0 Å². The Hall–Kier alpha value is -2.97. The van der Waals surface area contributed by atoms with Gasteiger partial charge in [-0.05, 0) is 32.9 Å². The lowest BCUT2D eigenvalue weighted by atomic mass is 10.1. The van der Waals surface area contributed by atoms with E-state index in [0.29, 0.717) is 30.4 Å². The maximum Gasteiger partial charge on any atom is 0.426 e. The van der Waals surface area contributed by atoms with Gasteiger partial charge in [-0.15, -0.1) is 0 Å². The SMILES string of the molecule is CC(C)(C)OC(=O)NNC(=O)C1CC(=O)N(c2ccc3c(c2)OCCO3)C1. The number of ether oxygens (including phenoxy) is 3. The first kappa shape index (κ1) is 18.8. The van der Waals surface area contributed by atoms with Crippen molar-refractivity contribution in [1.82, 2.24) is 10.9 Å². The molecular weight excluding hydrogens is 354 g/mol. The van der Waals surface area contributed by atoms with E-state index in [1.807, 2.05) is 0 Å². The van der Waals surface area contributed by atoms with Gasteiger partial charge >= 0.3 is 6.09 Å². The van der Waals surface area contributed by atoms with Crippen LogP contribution in [0.25, 0.3) is 0 Å². The molecule has 0 radical (unpaired) electrons. The molecule has 2 N–H and O–H groups in total. The molecule has 0 saturated carbocycles. The zero-order valence-electron chi connectivity index (χ0n) is 15.5. The van der Waals surface area contributed by atoms with Gasteiger partial charge in [0.2, 0.25) is 11.8 Å². The van der Waals surface area contributed by atoms with E-state index in [1.165, 1.54) is 4.90 Å². The van der Waals surface area contributed by atoms with E-state index in [0.717, 1.165) is 0 Å². The minimum atomic E-state index is -0.760. The summed E-state index contributed by atoms with van der Waals surface area (Å²) >= 11 is 0. The highest BCUT2D eigenvalue weighted by Crippen LogP contribution is 2.35. The third-order valence-corrected chi connectivity index (χ3v) is 4.02. The highest BCUT2D eigenvalue weighted by atomic mass is 16.6. The smallest absolute Gasteiger partial charge is 0.426 e. The molecule has 2 aliphatic heterocycles. The van der Waals surface area contributed by atoms with E-state index in [1.54, 1.807) is 39.0 Å². The second-order valence-corrected chi connectivity index (χ2v) is 7.35. The van der Waals surface area contributed by atoms with E-state index in [-0.39, 0.29) is 18.9 Å². The standard InChI is InChI=1S/C18H23N3O6/c1-18(2,3)27-17(24)20-19-16(23)11-8-15(22)21(10-11)12-4-5-13-14(9-12)26-7-6-25-13/h4-5,9,11H,6-8,10H2,1-3H3,(H,19,23)(H,20,24). The Morgan fingerprint density at radius 1 is 1.15 bits per heavy atom. The van der Waals surface area contributed by atoms with E-state index >= 15 is 0 Å². The van der Waals surface area contributed by atoms with Crippen LogP contribution in [0.2, 0.25) is 0 Å². The minimum absolute atomic E-state index is 0.0519. The molecule has 1 unspecified atom stereocenters. The molecular formula is C18H23N3O6. The van der Waals surface area contributed by atoms with Gasteiger partial charge in [0, 0.05) is 24.7 Å². The van der Waals surface area contributed by atoms with Crippen LogP contribution < -0.4 is 25.2 Å². The van der Waals surface area contributed by atoms with Crippen LogP contribution in [-0.2, 0) is 14.3 Å². The zero-order valence-corrected chi connectivity index (χ0v) is 15.5. The summed E-state index contributed by atoms with van der Waals surface area (Å²) in [6.07, 6.45) is -0.708. The number of fused-ring (bicyclic) bond motifs is 1. The van der Waals surface area contributed by atoms with Crippen molar-refractivity contribution in [2.45, 2.75) is 32.8 Å². The Morgan fingerprint density at radius 2 is 1.85 bits per heavy atom. The van der Waals surface area contributed by atoms with Gasteiger partial charge in [0.25, 0.3) is 0 Å². The van der Waals surface area contributed by atoms with Crippen molar-refractivity contribution >= 4 is 23.6 Å². The lowest BCUT2D eigenvalue weighted by Gasteiger charge is -2.22. The van der Waals surface area contributed by atoms with Crippen LogP contribution in [-0.4, -0.2) is 43.3 Å². The highest BCUT2D eigenvalue weighted by Gasteiger charge is 2.36. The largest absolute Gasteiger partial charge is 0.486 e. The third kappa shape index (κ3) is 4.60. The number of amides is 3. The van der Waals surface area contributed by atoms with Crippen LogP contribution in [0.3, 0.4) is 0 Å². The maximum atomic E-state index is 12.3. The van der Waals surface area contributed by atoms with Crippen LogP contribution in [0, 0.1) is 5.92 Å². The molecule has 1 atom stereocenters. The molecule has 0 bridgehead atoms. The Kier molecular flexibility index (Phi) is 5.11. The second kappa shape index (κ2) is 7.34. The van der Waals surface area contributed by atoms with Crippen molar-refractivity contribution < 1.29 is 28.6 Å². The number of nitrogens with zero attached hydrogens (tertiary/aromatic N) is 1. The zero-order chi connectivity index (χ0) is 19.6. The Morgan fingerprint density at radius 3 is 2.56 bits per heavy atom. The van der Waals surface area contributed by atoms with Crippen molar-refractivity contribution in [2.24, 2.45) is 5.92 Å². The van der Waals surface area contributed by atoms with E-state index < -0.39 is 23.5 Å². The predicted octanol–water partition coefficient (Wildman–Crippen LogP) is 1.37. The molecule has 1 aromatic carbocycles. The number of benzene rings is 1. The van der Waals surface area contributed by atoms with Crippen molar-refractivity contribution in [3.8, 4) is 11.5 Å². The van der Waals surface area contributed by atoms with Crippen LogP contribution in [0.1, 0.15) is 27.2 Å². The molecule has 9 nitrogen and oxygen atoms in total. The molecule has 2 aliphatic rings. The van der Waals surface area contributed by atoms with Gasteiger partial charge in [-0.2, -0.15) is 0 Å². The van der Waals surface area contributed by atoms with Crippen molar-refractivity contribution in [2.75, 3.05) is 24.7 Å². The molecule has 0 aromatic heterocycles. The molecule has 2 heterocycles. The number of hydrazine groups is 1. The molecule has 3 amide bonds. The summed E-state index contributed by atoms with van der Waals surface area (Å²) in [5.41, 5.74) is 4.47. The van der Waals surface area contributed by atoms with Crippen molar-refractivity contribution in [3.05, 3.63) is 18.2 Å². The first-order valence-electron chi connectivity index (χ1n) is 8.72. The quantitative estimate of drug-likeness (QED) is 0.754. The number of nitrogens with one attached hydrogen (secondary N) is 2. The van der Waals surface area contributed by atoms with E-state index in [4.69, 9.17) is 14.2 Å². The summed E-state index contributed by atoms with van der Waals surface area (Å²) in [6, 6.07) is 5.23. The van der Waals surface area contributed by atoms with E-state index in [2.05, 4.69) is 10.9 Å². The number of hydrogen-bond donors (Lipinski definition) is 2. The Bertz CT molecular complexity index is 758. The Balaban J connectivity index is 1.58. The number of carbonyl (C=O) groups is 3. The fraction of sp³-hybridized carbons (Fsp3) is 0.500. The van der Waals surface area contributed by atoms with Crippen LogP contribution in [0.4, 0.5) is 10.5 Å². The van der Waals surface area contributed by atoms with Gasteiger partial charge in [-0.3, -0.25) is 15.0 Å². The number of rotatable bonds is 2. The first-order chi connectivity index (χ1) is 12.7. The van der Waals surface area contributed by atoms with Gasteiger partial charge < -0.3 is 19.1 Å². The summed E-state index contributed by atoms with van der Waals surface area (Å²) in [7, 11) is 0. The molecule has 1 fully saturated rings. The maximum absolute atomic E-state index is 12.3. The van der Waals surface area contributed by atoms with Gasteiger partial charge in [0.05, 0.1) is 5.92 Å². The summed E-state index contributed by atoms with van der Waals surface area (Å²) < 4.78 is 16.1. The monoisotopic (exact) mass is 377 g/mol. The summed E-state index contributed by atoms with van der Waals surface area (Å²) in [5.74, 6) is -0.00229. The topological polar surface area (TPSA) is 106 Å². The van der Waals surface area contributed by atoms with Crippen molar-refractivity contribution in [3.63, 3.8) is 0 Å². The number of hydrogen-bond acceptors (Lipinski definition) is 6. The summed E-state index contributed by atoms with van der Waals surface area (Å²) in [4.78, 5) is 37.7. The third-order valence-electron chi connectivity index (χ3n) is 4.02. The van der Waals surface area contributed by atoms with Crippen molar-refractivity contribution in [1.29, 1.82) is 0 Å². The molecule has 3 rings (SSSR count). The Labute approximate surface area is 156 Å². The molecule has 0 aliphatic carbocycles. The highest BCUT2D eigenvalue weighted by molar-refractivity contribution is 6.00. The molecule has 146 valence electrons. The first-order valence-corrected chi connectivity index (χ1v) is 8.72. The molecule has 27 heavy (non-hydrogen) atoms. The lowest BCUT2D eigenvalue weighted by Crippen LogP contribution is -2.47. The van der Waals surface area contributed by atoms with Gasteiger partial charge in [0.15, 0.2) is 11.5 Å². The molecule has 9 heteroatoms. The lowest BCUT2D eigenvalue weighted by molar-refractivity contribution is -0.127. The average Bonchev–Trinajstić information content (AvgIpc) is 2.99. The fourth-order valence-electron chi connectivity index (χ4n) is 2.85. The minimum Gasteiger partial charge on any atom is -0.486 e. The normalized spacial score (nSPS) is 18.9. The summed E-state index contributed by atoms with van der Waals surface area (Å²) in [5, 5.41) is 0. The van der Waals surface area contributed by atoms with Crippen LogP contribution in [0.5, 0.6) is 11.5 Å². The van der Waals surface area contributed by atoms with Crippen LogP contribution in [0.15, 0.2) is 18.2 Å². The van der Waals surface area contributed by atoms with Gasteiger partial charge in [0.1, 0.15) is 18.8 Å². The molecule has 0 spiro atoms. The second-order valence-electron chi connectivity index (χ2n) is 7.35. The van der Waals surface area contributed by atoms with E-state index in [9.17, 15) is 14.4 Å². The number of anilines is 1. The van der Waals surface area contributed by atoms with Gasteiger partial charge in [-0.1, -0.05) is 0 Å². The summed E-state index contributed by atoms with van der Waals surface area (Å²) in [6.45, 7) is 6.30. The fourth-order valence-corrected chi connectivity index (χ4v) is 2.85. The molecule has 1 saturated heterocycles. The number of carbonyl (C=O) groups excluding carboxylic acids is 3. The predicted molar refractivity (Wildman–Crippen MR) is 95.4 cm³/mol. The average molecular weight is 377 g/mol.